The van der Waals surface area contributed by atoms with Crippen molar-refractivity contribution >= 4 is 17.2 Å². The maximum absolute atomic E-state index is 12.1. The summed E-state index contributed by atoms with van der Waals surface area (Å²) < 4.78 is 0. The summed E-state index contributed by atoms with van der Waals surface area (Å²) in [6.45, 7) is 3.90. The number of carbonyl (C=O) groups excluding carboxylic acids is 1. The van der Waals surface area contributed by atoms with Crippen molar-refractivity contribution in [3.63, 3.8) is 0 Å². The molecule has 0 spiro atoms. The van der Waals surface area contributed by atoms with Gasteiger partial charge in [-0.15, -0.1) is 11.3 Å². The van der Waals surface area contributed by atoms with Gasteiger partial charge in [0.2, 0.25) is 5.91 Å². The van der Waals surface area contributed by atoms with Gasteiger partial charge in [0.05, 0.1) is 24.5 Å². The minimum Gasteiger partial charge on any atom is -0.348 e. The van der Waals surface area contributed by atoms with Crippen LogP contribution >= 0.6 is 11.3 Å². The molecule has 2 rings (SSSR count). The van der Waals surface area contributed by atoms with E-state index in [1.807, 2.05) is 19.2 Å². The minimum atomic E-state index is -0.00301. The van der Waals surface area contributed by atoms with Gasteiger partial charge in [-0.05, 0) is 13.8 Å². The Morgan fingerprint density at radius 1 is 1.56 bits per heavy atom. The zero-order chi connectivity index (χ0) is 13.1. The Morgan fingerprint density at radius 2 is 2.33 bits per heavy atom. The average Bonchev–Trinajstić information content (AvgIpc) is 3.00. The lowest BCUT2D eigenvalue weighted by Crippen LogP contribution is -2.31. The molecular formula is C12H16N4OS. The lowest BCUT2D eigenvalue weighted by atomic mass is 10.2. The summed E-state index contributed by atoms with van der Waals surface area (Å²) in [6, 6.07) is -0.00301. The lowest BCUT2D eigenvalue weighted by molar-refractivity contribution is -0.131. The SMILES string of the molecule is Cc1[nH]cnc1CC(=O)N(C)C(C)c1nccs1. The van der Waals surface area contributed by atoms with Crippen molar-refractivity contribution in [2.75, 3.05) is 7.05 Å². The number of imidazole rings is 1. The van der Waals surface area contributed by atoms with E-state index in [9.17, 15) is 4.79 Å². The Hall–Kier alpha value is -1.69. The van der Waals surface area contributed by atoms with Crippen molar-refractivity contribution in [3.8, 4) is 0 Å². The van der Waals surface area contributed by atoms with Crippen LogP contribution < -0.4 is 0 Å². The number of hydrogen-bond acceptors (Lipinski definition) is 4. The van der Waals surface area contributed by atoms with Gasteiger partial charge in [-0.3, -0.25) is 4.79 Å². The molecule has 5 nitrogen and oxygen atoms in total. The molecule has 0 bridgehead atoms. The number of likely N-dealkylation sites (N-methyl/N-ethyl adjacent to an activating group) is 1. The van der Waals surface area contributed by atoms with Gasteiger partial charge in [0.1, 0.15) is 5.01 Å². The van der Waals surface area contributed by atoms with Crippen molar-refractivity contribution in [2.24, 2.45) is 0 Å². The Bertz CT molecular complexity index is 520. The van der Waals surface area contributed by atoms with Crippen LogP contribution in [0.5, 0.6) is 0 Å². The van der Waals surface area contributed by atoms with Crippen LogP contribution in [0.25, 0.3) is 0 Å². The number of nitrogens with one attached hydrogen (secondary N) is 1. The second-order valence-electron chi connectivity index (χ2n) is 4.20. The third-order valence-corrected chi connectivity index (χ3v) is 3.98. The number of aromatic nitrogens is 3. The van der Waals surface area contributed by atoms with Crippen LogP contribution in [0, 0.1) is 6.92 Å². The largest absolute Gasteiger partial charge is 0.348 e. The van der Waals surface area contributed by atoms with Gasteiger partial charge in [-0.1, -0.05) is 0 Å². The first-order chi connectivity index (χ1) is 8.59. The van der Waals surface area contributed by atoms with Gasteiger partial charge in [-0.25, -0.2) is 9.97 Å². The standard InChI is InChI=1S/C12H16N4OS/c1-8-10(15-7-14-8)6-11(17)16(3)9(2)12-13-4-5-18-12/h4-5,7,9H,6H2,1-3H3,(H,14,15). The molecule has 0 aliphatic heterocycles. The molecule has 0 fully saturated rings. The number of rotatable bonds is 4. The Morgan fingerprint density at radius 3 is 2.89 bits per heavy atom. The van der Waals surface area contributed by atoms with Gasteiger partial charge in [-0.2, -0.15) is 0 Å². The van der Waals surface area contributed by atoms with Crippen molar-refractivity contribution in [3.05, 3.63) is 34.3 Å². The quantitative estimate of drug-likeness (QED) is 0.918. The molecule has 0 saturated carbocycles. The summed E-state index contributed by atoms with van der Waals surface area (Å²) in [5.41, 5.74) is 1.75. The number of carbonyl (C=O) groups is 1. The molecule has 1 unspecified atom stereocenters. The first-order valence-electron chi connectivity index (χ1n) is 5.73. The number of H-pyrrole nitrogens is 1. The van der Waals surface area contributed by atoms with Gasteiger partial charge < -0.3 is 9.88 Å². The van der Waals surface area contributed by atoms with E-state index in [4.69, 9.17) is 0 Å². The topological polar surface area (TPSA) is 61.9 Å². The van der Waals surface area contributed by atoms with E-state index in [1.165, 1.54) is 0 Å². The molecule has 2 aromatic rings. The van der Waals surface area contributed by atoms with Gasteiger partial charge >= 0.3 is 0 Å². The molecule has 0 aromatic carbocycles. The monoisotopic (exact) mass is 264 g/mol. The van der Waals surface area contributed by atoms with Crippen LogP contribution in [0.2, 0.25) is 0 Å². The Kier molecular flexibility index (Phi) is 3.76. The van der Waals surface area contributed by atoms with E-state index < -0.39 is 0 Å². The fourth-order valence-corrected chi connectivity index (χ4v) is 2.39. The Balaban J connectivity index is 2.03. The van der Waals surface area contributed by atoms with Crippen LogP contribution in [0.15, 0.2) is 17.9 Å². The normalized spacial score (nSPS) is 12.4. The molecule has 96 valence electrons. The number of hydrogen-bond donors (Lipinski definition) is 1. The van der Waals surface area contributed by atoms with E-state index in [2.05, 4.69) is 15.0 Å². The van der Waals surface area contributed by atoms with Gasteiger partial charge in [0, 0.05) is 24.3 Å². The molecule has 18 heavy (non-hydrogen) atoms. The highest BCUT2D eigenvalue weighted by atomic mass is 32.1. The first kappa shape index (κ1) is 12.8. The highest BCUT2D eigenvalue weighted by Crippen LogP contribution is 2.21. The molecule has 0 aliphatic carbocycles. The van der Waals surface area contributed by atoms with E-state index in [-0.39, 0.29) is 11.9 Å². The second kappa shape index (κ2) is 5.30. The Labute approximate surface area is 110 Å². The predicted octanol–water partition coefficient (Wildman–Crippen LogP) is 1.94. The van der Waals surface area contributed by atoms with Crippen molar-refractivity contribution in [2.45, 2.75) is 26.3 Å². The van der Waals surface area contributed by atoms with Crippen LogP contribution in [0.4, 0.5) is 0 Å². The van der Waals surface area contributed by atoms with Crippen LogP contribution in [0.3, 0.4) is 0 Å². The molecule has 2 heterocycles. The maximum Gasteiger partial charge on any atom is 0.228 e. The van der Waals surface area contributed by atoms with Crippen LogP contribution in [-0.2, 0) is 11.2 Å². The molecule has 1 amide bonds. The summed E-state index contributed by atoms with van der Waals surface area (Å²) >= 11 is 1.56. The molecule has 6 heteroatoms. The zero-order valence-corrected chi connectivity index (χ0v) is 11.5. The number of aryl methyl sites for hydroxylation is 1. The molecular weight excluding hydrogens is 248 g/mol. The van der Waals surface area contributed by atoms with Crippen molar-refractivity contribution in [1.82, 2.24) is 19.9 Å². The van der Waals surface area contributed by atoms with Crippen LogP contribution in [-0.4, -0.2) is 32.8 Å². The number of thiazole rings is 1. The minimum absolute atomic E-state index is 0.00301. The van der Waals surface area contributed by atoms with E-state index >= 15 is 0 Å². The fraction of sp³-hybridized carbons (Fsp3) is 0.417. The van der Waals surface area contributed by atoms with Gasteiger partial charge in [0.15, 0.2) is 0 Å². The first-order valence-corrected chi connectivity index (χ1v) is 6.61. The summed E-state index contributed by atoms with van der Waals surface area (Å²) in [4.78, 5) is 25.2. The van der Waals surface area contributed by atoms with E-state index in [0.29, 0.717) is 6.42 Å². The average molecular weight is 264 g/mol. The molecule has 1 atom stereocenters. The van der Waals surface area contributed by atoms with Crippen molar-refractivity contribution < 1.29 is 4.79 Å². The highest BCUT2D eigenvalue weighted by molar-refractivity contribution is 7.09. The molecule has 1 N–H and O–H groups in total. The number of aromatic amines is 1. The van der Waals surface area contributed by atoms with E-state index in [0.717, 1.165) is 16.4 Å². The summed E-state index contributed by atoms with van der Waals surface area (Å²) in [6.07, 6.45) is 3.69. The summed E-state index contributed by atoms with van der Waals surface area (Å²) in [7, 11) is 1.80. The van der Waals surface area contributed by atoms with Crippen molar-refractivity contribution in [1.29, 1.82) is 0 Å². The number of amides is 1. The third-order valence-electron chi connectivity index (χ3n) is 3.04. The lowest BCUT2D eigenvalue weighted by Gasteiger charge is -2.23. The molecule has 0 radical (unpaired) electrons. The highest BCUT2D eigenvalue weighted by Gasteiger charge is 2.20. The molecule has 2 aromatic heterocycles. The molecule has 0 aliphatic rings. The zero-order valence-electron chi connectivity index (χ0n) is 10.7. The van der Waals surface area contributed by atoms with Gasteiger partial charge in [0.25, 0.3) is 0 Å². The summed E-state index contributed by atoms with van der Waals surface area (Å²) in [5.74, 6) is 0.0490. The van der Waals surface area contributed by atoms with E-state index in [1.54, 1.807) is 35.8 Å². The second-order valence-corrected chi connectivity index (χ2v) is 5.13. The smallest absolute Gasteiger partial charge is 0.228 e. The summed E-state index contributed by atoms with van der Waals surface area (Å²) in [5, 5.41) is 2.87. The fourth-order valence-electron chi connectivity index (χ4n) is 1.66. The van der Waals surface area contributed by atoms with Crippen LogP contribution in [0.1, 0.15) is 29.4 Å². The number of nitrogens with zero attached hydrogens (tertiary/aromatic N) is 3. The predicted molar refractivity (Wildman–Crippen MR) is 70.3 cm³/mol. The maximum atomic E-state index is 12.1. The molecule has 0 saturated heterocycles. The third kappa shape index (κ3) is 2.59.